The number of hydrogen-bond donors (Lipinski definition) is 1. The van der Waals surface area contributed by atoms with E-state index in [1.54, 1.807) is 6.20 Å². The van der Waals surface area contributed by atoms with Crippen molar-refractivity contribution in [3.63, 3.8) is 0 Å². The normalized spacial score (nSPS) is 21.8. The van der Waals surface area contributed by atoms with Crippen LogP contribution in [0, 0.1) is 5.92 Å². The van der Waals surface area contributed by atoms with Crippen LogP contribution in [0.5, 0.6) is 0 Å². The summed E-state index contributed by atoms with van der Waals surface area (Å²) in [6.07, 6.45) is 2.24. The maximum Gasteiger partial charge on any atom is 0.141 e. The Morgan fingerprint density at radius 3 is 3.07 bits per heavy atom. The molecule has 15 heavy (non-hydrogen) atoms. The highest BCUT2D eigenvalue weighted by Gasteiger charge is 2.26. The van der Waals surface area contributed by atoms with Crippen LogP contribution in [0.15, 0.2) is 24.4 Å². The molecule has 0 spiro atoms. The Morgan fingerprint density at radius 1 is 1.53 bits per heavy atom. The van der Waals surface area contributed by atoms with E-state index in [0.29, 0.717) is 19.5 Å². The fraction of sp³-hybridized carbons (Fsp3) is 0.455. The lowest BCUT2D eigenvalue weighted by Crippen LogP contribution is -2.42. The second-order valence-electron chi connectivity index (χ2n) is 3.73. The summed E-state index contributed by atoms with van der Waals surface area (Å²) in [6.45, 7) is 1.21. The molecule has 1 aromatic rings. The van der Waals surface area contributed by atoms with E-state index in [0.717, 1.165) is 5.82 Å². The summed E-state index contributed by atoms with van der Waals surface area (Å²) in [5, 5.41) is 9.06. The van der Waals surface area contributed by atoms with E-state index in [2.05, 4.69) is 4.98 Å². The lowest BCUT2D eigenvalue weighted by molar-refractivity contribution is -0.124. The Bertz CT molecular complexity index is 340. The summed E-state index contributed by atoms with van der Waals surface area (Å²) < 4.78 is 0. The van der Waals surface area contributed by atoms with Crippen molar-refractivity contribution in [1.82, 2.24) is 4.98 Å². The van der Waals surface area contributed by atoms with E-state index in [-0.39, 0.29) is 18.3 Å². The van der Waals surface area contributed by atoms with Crippen LogP contribution in [0.4, 0.5) is 5.82 Å². The number of ketones is 1. The highest BCUT2D eigenvalue weighted by Crippen LogP contribution is 2.18. The van der Waals surface area contributed by atoms with Gasteiger partial charge in [0.25, 0.3) is 0 Å². The van der Waals surface area contributed by atoms with Crippen molar-refractivity contribution in [1.29, 1.82) is 0 Å². The Labute approximate surface area is 88.6 Å². The molecule has 1 fully saturated rings. The van der Waals surface area contributed by atoms with Crippen LogP contribution in [0.25, 0.3) is 0 Å². The first kappa shape index (κ1) is 10.1. The molecular formula is C11H14N2O2. The summed E-state index contributed by atoms with van der Waals surface area (Å²) in [7, 11) is 0. The quantitative estimate of drug-likeness (QED) is 0.764. The monoisotopic (exact) mass is 206 g/mol. The van der Waals surface area contributed by atoms with Crippen LogP contribution >= 0.6 is 0 Å². The minimum Gasteiger partial charge on any atom is -0.396 e. The van der Waals surface area contributed by atoms with Crippen LogP contribution < -0.4 is 4.90 Å². The van der Waals surface area contributed by atoms with Gasteiger partial charge >= 0.3 is 0 Å². The highest BCUT2D eigenvalue weighted by atomic mass is 16.3. The maximum absolute atomic E-state index is 11.4. The van der Waals surface area contributed by atoms with Gasteiger partial charge in [-0.05, 0) is 12.1 Å². The number of carbonyl (C=O) groups excluding carboxylic acids is 1. The van der Waals surface area contributed by atoms with Crippen LogP contribution in [-0.2, 0) is 4.79 Å². The molecule has 80 valence electrons. The zero-order valence-corrected chi connectivity index (χ0v) is 8.47. The summed E-state index contributed by atoms with van der Waals surface area (Å²) >= 11 is 0. The van der Waals surface area contributed by atoms with E-state index in [9.17, 15) is 4.79 Å². The van der Waals surface area contributed by atoms with Crippen LogP contribution in [0.2, 0.25) is 0 Å². The number of anilines is 1. The van der Waals surface area contributed by atoms with Crippen molar-refractivity contribution in [3.8, 4) is 0 Å². The molecule has 4 heteroatoms. The van der Waals surface area contributed by atoms with Crippen LogP contribution in [0.3, 0.4) is 0 Å². The smallest absolute Gasteiger partial charge is 0.141 e. The zero-order chi connectivity index (χ0) is 10.7. The van der Waals surface area contributed by atoms with E-state index in [4.69, 9.17) is 5.11 Å². The molecule has 2 heterocycles. The molecule has 4 nitrogen and oxygen atoms in total. The van der Waals surface area contributed by atoms with E-state index < -0.39 is 0 Å². The number of aliphatic hydroxyl groups is 1. The van der Waals surface area contributed by atoms with Gasteiger partial charge in [-0.3, -0.25) is 4.79 Å². The molecule has 0 bridgehead atoms. The van der Waals surface area contributed by atoms with E-state index >= 15 is 0 Å². The van der Waals surface area contributed by atoms with Gasteiger partial charge in [0.1, 0.15) is 11.6 Å². The number of hydrogen-bond acceptors (Lipinski definition) is 4. The first-order valence-corrected chi connectivity index (χ1v) is 5.11. The van der Waals surface area contributed by atoms with Gasteiger partial charge < -0.3 is 10.0 Å². The largest absolute Gasteiger partial charge is 0.396 e. The van der Waals surface area contributed by atoms with Crippen molar-refractivity contribution in [2.45, 2.75) is 6.42 Å². The Kier molecular flexibility index (Phi) is 2.97. The molecule has 1 aliphatic heterocycles. The molecule has 1 unspecified atom stereocenters. The van der Waals surface area contributed by atoms with Crippen molar-refractivity contribution < 1.29 is 9.90 Å². The summed E-state index contributed by atoms with van der Waals surface area (Å²) in [6, 6.07) is 5.71. The van der Waals surface area contributed by atoms with E-state index in [1.165, 1.54) is 0 Å². The van der Waals surface area contributed by atoms with E-state index in [1.807, 2.05) is 23.1 Å². The summed E-state index contributed by atoms with van der Waals surface area (Å²) in [5.41, 5.74) is 0. The molecule has 0 saturated carbocycles. The predicted molar refractivity (Wildman–Crippen MR) is 56.6 cm³/mol. The first-order valence-electron chi connectivity index (χ1n) is 5.11. The molecule has 1 saturated heterocycles. The number of rotatable bonds is 2. The third-order valence-electron chi connectivity index (χ3n) is 2.72. The molecule has 1 N–H and O–H groups in total. The molecule has 0 aromatic carbocycles. The first-order chi connectivity index (χ1) is 7.31. The number of aliphatic hydroxyl groups excluding tert-OH is 1. The lowest BCUT2D eigenvalue weighted by atomic mass is 9.97. The average Bonchev–Trinajstić information content (AvgIpc) is 2.31. The Hall–Kier alpha value is -1.42. The standard InChI is InChI=1S/C11H14N2O2/c14-8-9-7-13(6-4-10(9)15)11-3-1-2-5-12-11/h1-3,5,9,14H,4,6-8H2. The van der Waals surface area contributed by atoms with Gasteiger partial charge in [0, 0.05) is 25.7 Å². The second kappa shape index (κ2) is 4.40. The Balaban J connectivity index is 2.09. The fourth-order valence-corrected chi connectivity index (χ4v) is 1.82. The molecule has 1 aromatic heterocycles. The van der Waals surface area contributed by atoms with Gasteiger partial charge in [-0.1, -0.05) is 6.07 Å². The minimum absolute atomic E-state index is 0.0673. The third-order valence-corrected chi connectivity index (χ3v) is 2.72. The number of carbonyl (C=O) groups is 1. The molecule has 0 aliphatic carbocycles. The molecule has 1 atom stereocenters. The maximum atomic E-state index is 11.4. The number of nitrogens with zero attached hydrogens (tertiary/aromatic N) is 2. The van der Waals surface area contributed by atoms with Crippen molar-refractivity contribution in [2.24, 2.45) is 5.92 Å². The van der Waals surface area contributed by atoms with Gasteiger partial charge in [0.15, 0.2) is 0 Å². The molecule has 1 aliphatic rings. The van der Waals surface area contributed by atoms with Gasteiger partial charge in [0.05, 0.1) is 12.5 Å². The summed E-state index contributed by atoms with van der Waals surface area (Å²) in [5.74, 6) is 0.786. The van der Waals surface area contributed by atoms with Crippen molar-refractivity contribution in [2.75, 3.05) is 24.6 Å². The zero-order valence-electron chi connectivity index (χ0n) is 8.47. The lowest BCUT2D eigenvalue weighted by Gasteiger charge is -2.31. The molecule has 2 rings (SSSR count). The van der Waals surface area contributed by atoms with Gasteiger partial charge in [-0.25, -0.2) is 4.98 Å². The summed E-state index contributed by atoms with van der Waals surface area (Å²) in [4.78, 5) is 17.7. The number of Topliss-reactive ketones (excluding diaryl/α,β-unsaturated/α-hetero) is 1. The molecule has 0 amide bonds. The van der Waals surface area contributed by atoms with Gasteiger partial charge in [-0.2, -0.15) is 0 Å². The highest BCUT2D eigenvalue weighted by molar-refractivity contribution is 5.83. The number of piperidine rings is 1. The third kappa shape index (κ3) is 2.15. The fourth-order valence-electron chi connectivity index (χ4n) is 1.82. The molecule has 0 radical (unpaired) electrons. The average molecular weight is 206 g/mol. The SMILES string of the molecule is O=C1CCN(c2ccccn2)CC1CO. The molecular weight excluding hydrogens is 192 g/mol. The Morgan fingerprint density at radius 2 is 2.40 bits per heavy atom. The number of pyridine rings is 1. The van der Waals surface area contributed by atoms with Gasteiger partial charge in [0.2, 0.25) is 0 Å². The van der Waals surface area contributed by atoms with Crippen molar-refractivity contribution >= 4 is 11.6 Å². The van der Waals surface area contributed by atoms with Crippen LogP contribution in [-0.4, -0.2) is 35.6 Å². The van der Waals surface area contributed by atoms with Crippen LogP contribution in [0.1, 0.15) is 6.42 Å². The minimum atomic E-state index is -0.249. The second-order valence-corrected chi connectivity index (χ2v) is 3.73. The van der Waals surface area contributed by atoms with Crippen molar-refractivity contribution in [3.05, 3.63) is 24.4 Å². The predicted octanol–water partition coefficient (Wildman–Crippen LogP) is 0.469. The topological polar surface area (TPSA) is 53.4 Å². The number of aromatic nitrogens is 1. The van der Waals surface area contributed by atoms with Gasteiger partial charge in [-0.15, -0.1) is 0 Å².